The molecule has 3 N–H and O–H groups in total. The summed E-state index contributed by atoms with van der Waals surface area (Å²) in [5.74, 6) is 0. The number of carbonyl (C=O) groups excluding carboxylic acids is 1. The van der Waals surface area contributed by atoms with Gasteiger partial charge in [0, 0.05) is 11.9 Å². The van der Waals surface area contributed by atoms with Crippen LogP contribution in [0.1, 0.15) is 25.7 Å². The third kappa shape index (κ3) is 4.07. The highest BCUT2D eigenvalue weighted by atomic mass is 32.2. The van der Waals surface area contributed by atoms with Crippen molar-refractivity contribution in [2.45, 2.75) is 30.6 Å². The third-order valence-electron chi connectivity index (χ3n) is 3.04. The molecule has 1 aromatic carbocycles. The fourth-order valence-electron chi connectivity index (χ4n) is 2.04. The van der Waals surface area contributed by atoms with Gasteiger partial charge in [-0.25, -0.2) is 4.79 Å². The summed E-state index contributed by atoms with van der Waals surface area (Å²) in [6, 6.07) is 4.97. The van der Waals surface area contributed by atoms with Crippen molar-refractivity contribution in [2.24, 2.45) is 0 Å². The van der Waals surface area contributed by atoms with Gasteiger partial charge in [0.2, 0.25) is 0 Å². The maximum absolute atomic E-state index is 11.7. The summed E-state index contributed by atoms with van der Waals surface area (Å²) in [6.45, 7) is 0. The Morgan fingerprint density at radius 3 is 2.60 bits per heavy atom. The minimum atomic E-state index is -4.27. The van der Waals surface area contributed by atoms with Gasteiger partial charge in [-0.1, -0.05) is 11.6 Å². The van der Waals surface area contributed by atoms with E-state index >= 15 is 0 Å². The number of urea groups is 1. The summed E-state index contributed by atoms with van der Waals surface area (Å²) in [5, 5.41) is 5.12. The van der Waals surface area contributed by atoms with E-state index in [-0.39, 0.29) is 4.90 Å². The van der Waals surface area contributed by atoms with Crippen molar-refractivity contribution in [2.75, 3.05) is 5.32 Å². The first-order valence-corrected chi connectivity index (χ1v) is 7.72. The molecule has 0 spiro atoms. The van der Waals surface area contributed by atoms with E-state index in [1.807, 2.05) is 0 Å². The van der Waals surface area contributed by atoms with Crippen LogP contribution < -0.4 is 10.6 Å². The van der Waals surface area contributed by atoms with E-state index in [2.05, 4.69) is 10.6 Å². The zero-order chi connectivity index (χ0) is 14.6. The quantitative estimate of drug-likeness (QED) is 0.747. The Labute approximate surface area is 117 Å². The van der Waals surface area contributed by atoms with Crippen LogP contribution >= 0.6 is 0 Å². The van der Waals surface area contributed by atoms with Gasteiger partial charge in [-0.3, -0.25) is 4.55 Å². The molecule has 1 fully saturated rings. The number of rotatable bonds is 3. The Hall–Kier alpha value is -1.86. The molecular formula is C13H16N2O4S. The molecule has 2 amide bonds. The number of amides is 2. The number of allylic oxidation sites excluding steroid dienone is 1. The van der Waals surface area contributed by atoms with Crippen molar-refractivity contribution >= 4 is 21.8 Å². The second kappa shape index (κ2) is 6.06. The smallest absolute Gasteiger partial charge is 0.314 e. The standard InChI is InChI=1S/C13H16N2O4S/c16-13(14-9-10-4-1-2-5-10)15-11-6-3-7-12(8-11)20(17,18)19/h3,6-9H,1-2,4-5H2,(H2,14,15,16)(H,17,18,19). The van der Waals surface area contributed by atoms with Crippen molar-refractivity contribution in [1.82, 2.24) is 5.32 Å². The molecule has 0 saturated heterocycles. The average Bonchev–Trinajstić information content (AvgIpc) is 2.89. The lowest BCUT2D eigenvalue weighted by Gasteiger charge is -2.06. The average molecular weight is 296 g/mol. The molecule has 0 aromatic heterocycles. The molecule has 1 aromatic rings. The number of hydrogen-bond acceptors (Lipinski definition) is 3. The van der Waals surface area contributed by atoms with Gasteiger partial charge in [-0.2, -0.15) is 8.42 Å². The zero-order valence-electron chi connectivity index (χ0n) is 10.8. The molecule has 0 bridgehead atoms. The van der Waals surface area contributed by atoms with E-state index in [1.165, 1.54) is 29.8 Å². The van der Waals surface area contributed by atoms with Gasteiger partial charge >= 0.3 is 6.03 Å². The van der Waals surface area contributed by atoms with Crippen LogP contribution in [0.3, 0.4) is 0 Å². The number of hydrogen-bond donors (Lipinski definition) is 3. The van der Waals surface area contributed by atoms with Crippen LogP contribution in [0.5, 0.6) is 0 Å². The van der Waals surface area contributed by atoms with E-state index < -0.39 is 16.1 Å². The van der Waals surface area contributed by atoms with Crippen molar-refractivity contribution in [3.63, 3.8) is 0 Å². The molecule has 7 heteroatoms. The van der Waals surface area contributed by atoms with Crippen molar-refractivity contribution in [1.29, 1.82) is 0 Å². The Morgan fingerprint density at radius 2 is 1.95 bits per heavy atom. The highest BCUT2D eigenvalue weighted by Crippen LogP contribution is 2.22. The summed E-state index contributed by atoms with van der Waals surface area (Å²) in [4.78, 5) is 11.4. The van der Waals surface area contributed by atoms with Crippen LogP contribution in [-0.4, -0.2) is 19.0 Å². The second-order valence-electron chi connectivity index (χ2n) is 4.61. The maximum Gasteiger partial charge on any atom is 0.323 e. The summed E-state index contributed by atoms with van der Waals surface area (Å²) in [5.41, 5.74) is 1.49. The highest BCUT2D eigenvalue weighted by Gasteiger charge is 2.11. The van der Waals surface area contributed by atoms with Crippen LogP contribution in [0.15, 0.2) is 40.9 Å². The van der Waals surface area contributed by atoms with Crippen LogP contribution in [-0.2, 0) is 10.1 Å². The second-order valence-corrected chi connectivity index (χ2v) is 6.03. The number of nitrogens with one attached hydrogen (secondary N) is 2. The van der Waals surface area contributed by atoms with Crippen LogP contribution in [0.4, 0.5) is 10.5 Å². The minimum absolute atomic E-state index is 0.260. The van der Waals surface area contributed by atoms with Crippen molar-refractivity contribution in [3.8, 4) is 0 Å². The van der Waals surface area contributed by atoms with Crippen LogP contribution in [0, 0.1) is 0 Å². The summed E-state index contributed by atoms with van der Waals surface area (Å²) < 4.78 is 30.9. The lowest BCUT2D eigenvalue weighted by Crippen LogP contribution is -2.24. The predicted molar refractivity (Wildman–Crippen MR) is 75.0 cm³/mol. The highest BCUT2D eigenvalue weighted by molar-refractivity contribution is 7.85. The van der Waals surface area contributed by atoms with Gasteiger partial charge < -0.3 is 10.6 Å². The molecule has 20 heavy (non-hydrogen) atoms. The molecular weight excluding hydrogens is 280 g/mol. The molecule has 108 valence electrons. The van der Waals surface area contributed by atoms with Crippen LogP contribution in [0.25, 0.3) is 0 Å². The fraction of sp³-hybridized carbons (Fsp3) is 0.308. The third-order valence-corrected chi connectivity index (χ3v) is 3.89. The van der Waals surface area contributed by atoms with E-state index in [4.69, 9.17) is 4.55 Å². The Morgan fingerprint density at radius 1 is 1.25 bits per heavy atom. The largest absolute Gasteiger partial charge is 0.323 e. The Bertz CT molecular complexity index is 630. The van der Waals surface area contributed by atoms with E-state index in [0.29, 0.717) is 5.69 Å². The van der Waals surface area contributed by atoms with Gasteiger partial charge in [0.05, 0.1) is 4.90 Å². The first-order chi connectivity index (χ1) is 9.45. The van der Waals surface area contributed by atoms with Gasteiger partial charge in [-0.05, 0) is 43.9 Å². The molecule has 0 heterocycles. The van der Waals surface area contributed by atoms with Crippen molar-refractivity contribution in [3.05, 3.63) is 36.0 Å². The molecule has 1 saturated carbocycles. The first-order valence-electron chi connectivity index (χ1n) is 6.28. The lowest BCUT2D eigenvalue weighted by atomic mass is 10.2. The molecule has 6 nitrogen and oxygen atoms in total. The van der Waals surface area contributed by atoms with E-state index in [0.717, 1.165) is 25.7 Å². The molecule has 0 aliphatic heterocycles. The normalized spacial score (nSPS) is 14.9. The summed E-state index contributed by atoms with van der Waals surface area (Å²) in [7, 11) is -4.27. The SMILES string of the molecule is O=C(NC=C1CCCC1)Nc1cccc(S(=O)(=O)O)c1. The maximum atomic E-state index is 11.7. The lowest BCUT2D eigenvalue weighted by molar-refractivity contribution is 0.255. The van der Waals surface area contributed by atoms with Crippen LogP contribution in [0.2, 0.25) is 0 Å². The molecule has 0 radical (unpaired) electrons. The number of anilines is 1. The minimum Gasteiger partial charge on any atom is -0.314 e. The fourth-order valence-corrected chi connectivity index (χ4v) is 2.57. The Kier molecular flexibility index (Phi) is 4.41. The Balaban J connectivity index is 1.99. The van der Waals surface area contributed by atoms with E-state index in [9.17, 15) is 13.2 Å². The summed E-state index contributed by atoms with van der Waals surface area (Å²) >= 11 is 0. The molecule has 1 aliphatic carbocycles. The van der Waals surface area contributed by atoms with Crippen molar-refractivity contribution < 1.29 is 17.8 Å². The predicted octanol–water partition coefficient (Wildman–Crippen LogP) is 2.51. The molecule has 0 unspecified atom stereocenters. The number of benzene rings is 1. The first kappa shape index (κ1) is 14.5. The topological polar surface area (TPSA) is 95.5 Å². The molecule has 2 rings (SSSR count). The summed E-state index contributed by atoms with van der Waals surface area (Å²) in [6.07, 6.45) is 5.98. The van der Waals surface area contributed by atoms with Gasteiger partial charge in [0.25, 0.3) is 10.1 Å². The number of carbonyl (C=O) groups is 1. The van der Waals surface area contributed by atoms with Gasteiger partial charge in [0.15, 0.2) is 0 Å². The van der Waals surface area contributed by atoms with Gasteiger partial charge in [-0.15, -0.1) is 0 Å². The molecule has 1 aliphatic rings. The van der Waals surface area contributed by atoms with E-state index in [1.54, 1.807) is 6.20 Å². The zero-order valence-corrected chi connectivity index (χ0v) is 11.6. The van der Waals surface area contributed by atoms with Gasteiger partial charge in [0.1, 0.15) is 0 Å². The molecule has 0 atom stereocenters. The monoisotopic (exact) mass is 296 g/mol.